The minimum atomic E-state index is -3.33. The number of fused-ring (bicyclic) bond motifs is 1. The number of halogens is 1. The van der Waals surface area contributed by atoms with Crippen LogP contribution < -0.4 is 0 Å². The van der Waals surface area contributed by atoms with Crippen molar-refractivity contribution in [2.24, 2.45) is 5.92 Å². The number of nitrogens with zero attached hydrogens (tertiary/aromatic N) is 2. The highest BCUT2D eigenvalue weighted by Gasteiger charge is 2.17. The molecule has 0 saturated heterocycles. The zero-order chi connectivity index (χ0) is 18.7. The zero-order valence-electron chi connectivity index (χ0n) is 14.7. The third-order valence-corrected chi connectivity index (χ3v) is 7.14. The van der Waals surface area contributed by atoms with Crippen LogP contribution in [0.25, 0.3) is 11.0 Å². The van der Waals surface area contributed by atoms with Crippen molar-refractivity contribution >= 4 is 44.2 Å². The first-order chi connectivity index (χ1) is 12.4. The van der Waals surface area contributed by atoms with Crippen LogP contribution in [0.15, 0.2) is 58.6 Å². The van der Waals surface area contributed by atoms with Crippen LogP contribution in [0.1, 0.15) is 13.8 Å². The molecule has 0 radical (unpaired) electrons. The minimum Gasteiger partial charge on any atom is -0.319 e. The number of sulfone groups is 1. The molecule has 3 rings (SSSR count). The molecule has 0 unspecified atom stereocenters. The fraction of sp³-hybridized carbons (Fsp3) is 0.316. The van der Waals surface area contributed by atoms with E-state index >= 15 is 0 Å². The van der Waals surface area contributed by atoms with E-state index in [-0.39, 0.29) is 5.75 Å². The summed E-state index contributed by atoms with van der Waals surface area (Å²) in [7, 11) is -3.33. The Balaban J connectivity index is 1.76. The molecule has 1 heterocycles. The van der Waals surface area contributed by atoms with Crippen LogP contribution in [0.2, 0.25) is 5.02 Å². The molecule has 26 heavy (non-hydrogen) atoms. The normalized spacial score (nSPS) is 12.2. The second-order valence-electron chi connectivity index (χ2n) is 6.51. The maximum absolute atomic E-state index is 12.5. The molecule has 0 aliphatic rings. The number of imidazole rings is 1. The SMILES string of the molecule is CC(C)Cn1c(SCCS(=O)(=O)c2ccc(Cl)cc2)nc2ccccc21. The van der Waals surface area contributed by atoms with Gasteiger partial charge in [-0.25, -0.2) is 13.4 Å². The molecule has 0 N–H and O–H groups in total. The summed E-state index contributed by atoms with van der Waals surface area (Å²) in [6.07, 6.45) is 0. The van der Waals surface area contributed by atoms with Gasteiger partial charge in [-0.3, -0.25) is 0 Å². The quantitative estimate of drug-likeness (QED) is 0.521. The van der Waals surface area contributed by atoms with Crippen molar-refractivity contribution in [2.75, 3.05) is 11.5 Å². The standard InChI is InChI=1S/C19H21ClN2O2S2/c1-14(2)13-22-18-6-4-3-5-17(18)21-19(22)25-11-12-26(23,24)16-9-7-15(20)8-10-16/h3-10,14H,11-13H2,1-2H3. The predicted molar refractivity (Wildman–Crippen MR) is 109 cm³/mol. The van der Waals surface area contributed by atoms with Crippen LogP contribution in [-0.2, 0) is 16.4 Å². The molecule has 0 amide bonds. The first-order valence-electron chi connectivity index (χ1n) is 8.43. The number of benzene rings is 2. The topological polar surface area (TPSA) is 52.0 Å². The van der Waals surface area contributed by atoms with E-state index in [0.29, 0.717) is 21.6 Å². The molecule has 7 heteroatoms. The highest BCUT2D eigenvalue weighted by molar-refractivity contribution is 8.00. The smallest absolute Gasteiger partial charge is 0.179 e. The van der Waals surface area contributed by atoms with E-state index in [1.165, 1.54) is 11.8 Å². The van der Waals surface area contributed by atoms with E-state index in [4.69, 9.17) is 11.6 Å². The summed E-state index contributed by atoms with van der Waals surface area (Å²) in [6.45, 7) is 5.18. The Bertz CT molecular complexity index is 996. The summed E-state index contributed by atoms with van der Waals surface area (Å²) in [5.74, 6) is 0.987. The summed E-state index contributed by atoms with van der Waals surface area (Å²) >= 11 is 7.32. The first kappa shape index (κ1) is 19.3. The van der Waals surface area contributed by atoms with Crippen molar-refractivity contribution in [3.05, 3.63) is 53.6 Å². The highest BCUT2D eigenvalue weighted by Crippen LogP contribution is 2.26. The Morgan fingerprint density at radius 1 is 1.12 bits per heavy atom. The molecule has 2 aromatic carbocycles. The number of rotatable bonds is 7. The first-order valence-corrected chi connectivity index (χ1v) is 11.4. The van der Waals surface area contributed by atoms with Gasteiger partial charge in [0, 0.05) is 17.3 Å². The molecule has 1 aromatic heterocycles. The Labute approximate surface area is 163 Å². The lowest BCUT2D eigenvalue weighted by molar-refractivity contribution is 0.505. The monoisotopic (exact) mass is 408 g/mol. The van der Waals surface area contributed by atoms with Gasteiger partial charge in [0.1, 0.15) is 0 Å². The highest BCUT2D eigenvalue weighted by atomic mass is 35.5. The maximum atomic E-state index is 12.5. The summed E-state index contributed by atoms with van der Waals surface area (Å²) in [5, 5.41) is 1.40. The Morgan fingerprint density at radius 3 is 2.50 bits per heavy atom. The van der Waals surface area contributed by atoms with Crippen LogP contribution in [0.4, 0.5) is 0 Å². The van der Waals surface area contributed by atoms with Gasteiger partial charge in [0.25, 0.3) is 0 Å². The third kappa shape index (κ3) is 4.42. The summed E-state index contributed by atoms with van der Waals surface area (Å²) < 4.78 is 27.1. The van der Waals surface area contributed by atoms with E-state index in [0.717, 1.165) is 22.7 Å². The zero-order valence-corrected chi connectivity index (χ0v) is 17.1. The van der Waals surface area contributed by atoms with Crippen LogP contribution in [0.5, 0.6) is 0 Å². The Morgan fingerprint density at radius 2 is 1.81 bits per heavy atom. The average Bonchev–Trinajstić information content (AvgIpc) is 2.92. The minimum absolute atomic E-state index is 0.0597. The summed E-state index contributed by atoms with van der Waals surface area (Å²) in [5.41, 5.74) is 2.03. The van der Waals surface area contributed by atoms with Gasteiger partial charge in [-0.1, -0.05) is 49.3 Å². The number of aromatic nitrogens is 2. The van der Waals surface area contributed by atoms with Crippen molar-refractivity contribution < 1.29 is 8.42 Å². The second-order valence-corrected chi connectivity index (χ2v) is 10.1. The number of thioether (sulfide) groups is 1. The van der Waals surface area contributed by atoms with Gasteiger partial charge in [-0.05, 0) is 42.3 Å². The van der Waals surface area contributed by atoms with Crippen molar-refractivity contribution in [3.8, 4) is 0 Å². The molecular weight excluding hydrogens is 388 g/mol. The van der Waals surface area contributed by atoms with Crippen molar-refractivity contribution in [1.29, 1.82) is 0 Å². The molecule has 0 fully saturated rings. The fourth-order valence-electron chi connectivity index (χ4n) is 2.71. The van der Waals surface area contributed by atoms with Gasteiger partial charge in [-0.15, -0.1) is 0 Å². The average molecular weight is 409 g/mol. The molecular formula is C19H21ClN2O2S2. The van der Waals surface area contributed by atoms with Crippen molar-refractivity contribution in [1.82, 2.24) is 9.55 Å². The Kier molecular flexibility index (Phi) is 5.95. The number of hydrogen-bond donors (Lipinski definition) is 0. The van der Waals surface area contributed by atoms with E-state index < -0.39 is 9.84 Å². The van der Waals surface area contributed by atoms with Crippen LogP contribution in [-0.4, -0.2) is 29.5 Å². The van der Waals surface area contributed by atoms with E-state index in [2.05, 4.69) is 29.5 Å². The lowest BCUT2D eigenvalue weighted by Gasteiger charge is -2.11. The molecule has 0 bridgehead atoms. The summed E-state index contributed by atoms with van der Waals surface area (Å²) in [6, 6.07) is 14.3. The molecule has 0 aliphatic heterocycles. The van der Waals surface area contributed by atoms with Crippen LogP contribution >= 0.6 is 23.4 Å². The third-order valence-electron chi connectivity index (χ3n) is 3.92. The van der Waals surface area contributed by atoms with Gasteiger partial charge < -0.3 is 4.57 Å². The van der Waals surface area contributed by atoms with Gasteiger partial charge in [0.15, 0.2) is 15.0 Å². The number of hydrogen-bond acceptors (Lipinski definition) is 4. The van der Waals surface area contributed by atoms with E-state index in [1.54, 1.807) is 24.3 Å². The van der Waals surface area contributed by atoms with E-state index in [9.17, 15) is 8.42 Å². The number of para-hydroxylation sites is 2. The molecule has 4 nitrogen and oxygen atoms in total. The molecule has 0 saturated carbocycles. The summed E-state index contributed by atoms with van der Waals surface area (Å²) in [4.78, 5) is 4.99. The molecule has 3 aromatic rings. The van der Waals surface area contributed by atoms with Gasteiger partial charge >= 0.3 is 0 Å². The van der Waals surface area contributed by atoms with Crippen molar-refractivity contribution in [2.45, 2.75) is 30.4 Å². The molecule has 138 valence electrons. The van der Waals surface area contributed by atoms with Gasteiger partial charge in [0.05, 0.1) is 21.7 Å². The lowest BCUT2D eigenvalue weighted by Crippen LogP contribution is -2.10. The van der Waals surface area contributed by atoms with E-state index in [1.807, 2.05) is 18.2 Å². The Hall–Kier alpha value is -1.50. The molecule has 0 atom stereocenters. The largest absolute Gasteiger partial charge is 0.319 e. The predicted octanol–water partition coefficient (Wildman–Crippen LogP) is 4.91. The lowest BCUT2D eigenvalue weighted by atomic mass is 10.2. The molecule has 0 spiro atoms. The fourth-order valence-corrected chi connectivity index (χ4v) is 5.51. The van der Waals surface area contributed by atoms with Crippen molar-refractivity contribution in [3.63, 3.8) is 0 Å². The van der Waals surface area contributed by atoms with Gasteiger partial charge in [0.2, 0.25) is 0 Å². The molecule has 0 aliphatic carbocycles. The maximum Gasteiger partial charge on any atom is 0.179 e. The van der Waals surface area contributed by atoms with Crippen LogP contribution in [0, 0.1) is 5.92 Å². The second kappa shape index (κ2) is 8.03. The van der Waals surface area contributed by atoms with Gasteiger partial charge in [-0.2, -0.15) is 0 Å². The van der Waals surface area contributed by atoms with Crippen LogP contribution in [0.3, 0.4) is 0 Å².